The van der Waals surface area contributed by atoms with Crippen LogP contribution in [0.5, 0.6) is 0 Å². The summed E-state index contributed by atoms with van der Waals surface area (Å²) in [5.74, 6) is 0. The van der Waals surface area contributed by atoms with Crippen LogP contribution in [-0.4, -0.2) is 39.5 Å². The van der Waals surface area contributed by atoms with Gasteiger partial charge in [0.05, 0.1) is 15.8 Å². The molecule has 0 amide bonds. The molecule has 116 valence electrons. The molecule has 1 N–H and O–H groups in total. The lowest BCUT2D eigenvalue weighted by Crippen LogP contribution is -2.42. The number of benzene rings is 1. The molecule has 22 heavy (non-hydrogen) atoms. The lowest BCUT2D eigenvalue weighted by Gasteiger charge is -2.29. The number of hydrogen-bond donors (Lipinski definition) is 1. The van der Waals surface area contributed by atoms with E-state index in [-0.39, 0.29) is 17.1 Å². The standard InChI is InChI=1S/C14H16N4O4/c1-16-6-4-9(5-7-16)17-13(19)11-8-10(18(21)22)2-3-12(11)15-14(17)20/h2-3,8-9H,4-7H2,1H3,(H,15,20). The fourth-order valence-corrected chi connectivity index (χ4v) is 2.91. The van der Waals surface area contributed by atoms with E-state index in [1.807, 2.05) is 7.05 Å². The minimum atomic E-state index is -0.552. The third-order valence-electron chi connectivity index (χ3n) is 4.18. The van der Waals surface area contributed by atoms with Gasteiger partial charge in [0.25, 0.3) is 11.2 Å². The fraction of sp³-hybridized carbons (Fsp3) is 0.429. The number of nitrogens with one attached hydrogen (secondary N) is 1. The zero-order valence-electron chi connectivity index (χ0n) is 12.1. The first-order valence-electron chi connectivity index (χ1n) is 7.09. The number of H-pyrrole nitrogens is 1. The quantitative estimate of drug-likeness (QED) is 0.655. The Morgan fingerprint density at radius 1 is 1.27 bits per heavy atom. The van der Waals surface area contributed by atoms with Gasteiger partial charge in [0, 0.05) is 18.2 Å². The van der Waals surface area contributed by atoms with Crippen LogP contribution in [0.15, 0.2) is 27.8 Å². The molecule has 0 unspecified atom stereocenters. The van der Waals surface area contributed by atoms with Crippen LogP contribution in [0.3, 0.4) is 0 Å². The first-order chi connectivity index (χ1) is 10.5. The molecule has 3 rings (SSSR count). The van der Waals surface area contributed by atoms with Crippen LogP contribution in [-0.2, 0) is 0 Å². The maximum atomic E-state index is 12.6. The summed E-state index contributed by atoms with van der Waals surface area (Å²) in [5.41, 5.74) is -0.755. The highest BCUT2D eigenvalue weighted by molar-refractivity contribution is 5.79. The minimum absolute atomic E-state index is 0.161. The second-order valence-electron chi connectivity index (χ2n) is 5.63. The van der Waals surface area contributed by atoms with Crippen LogP contribution in [0, 0.1) is 10.1 Å². The largest absolute Gasteiger partial charge is 0.329 e. The summed E-state index contributed by atoms with van der Waals surface area (Å²) in [6, 6.07) is 3.72. The van der Waals surface area contributed by atoms with Crippen LogP contribution in [0.2, 0.25) is 0 Å². The summed E-state index contributed by atoms with van der Waals surface area (Å²) in [6.45, 7) is 1.62. The average Bonchev–Trinajstić information content (AvgIpc) is 2.48. The van der Waals surface area contributed by atoms with Crippen LogP contribution < -0.4 is 11.2 Å². The van der Waals surface area contributed by atoms with E-state index in [1.165, 1.54) is 22.8 Å². The Kier molecular flexibility index (Phi) is 3.53. The van der Waals surface area contributed by atoms with Crippen molar-refractivity contribution >= 4 is 16.6 Å². The van der Waals surface area contributed by atoms with Crippen molar-refractivity contribution in [3.8, 4) is 0 Å². The number of non-ortho nitro benzene ring substituents is 1. The number of aromatic amines is 1. The van der Waals surface area contributed by atoms with Gasteiger partial charge < -0.3 is 9.88 Å². The van der Waals surface area contributed by atoms with Gasteiger partial charge in [-0.15, -0.1) is 0 Å². The highest BCUT2D eigenvalue weighted by Gasteiger charge is 2.22. The lowest BCUT2D eigenvalue weighted by atomic mass is 10.1. The summed E-state index contributed by atoms with van der Waals surface area (Å²) in [4.78, 5) is 39.9. The second-order valence-corrected chi connectivity index (χ2v) is 5.63. The van der Waals surface area contributed by atoms with E-state index < -0.39 is 16.2 Å². The molecule has 0 radical (unpaired) electrons. The number of piperidine rings is 1. The first kappa shape index (κ1) is 14.5. The Bertz CT molecular complexity index is 846. The molecular weight excluding hydrogens is 288 g/mol. The maximum Gasteiger partial charge on any atom is 0.329 e. The first-order valence-corrected chi connectivity index (χ1v) is 7.09. The summed E-state index contributed by atoms with van der Waals surface area (Å²) in [7, 11) is 1.99. The summed E-state index contributed by atoms with van der Waals surface area (Å²) >= 11 is 0. The number of nitro groups is 1. The van der Waals surface area contributed by atoms with Gasteiger partial charge in [0.2, 0.25) is 0 Å². The Hall–Kier alpha value is -2.48. The van der Waals surface area contributed by atoms with Crippen molar-refractivity contribution in [1.29, 1.82) is 0 Å². The normalized spacial score (nSPS) is 17.0. The van der Waals surface area contributed by atoms with E-state index in [9.17, 15) is 19.7 Å². The van der Waals surface area contributed by atoms with Crippen LogP contribution in [0.25, 0.3) is 10.9 Å². The Balaban J connectivity index is 2.16. The van der Waals surface area contributed by atoms with Crippen LogP contribution in [0.1, 0.15) is 18.9 Å². The van der Waals surface area contributed by atoms with Gasteiger partial charge in [-0.25, -0.2) is 4.79 Å². The summed E-state index contributed by atoms with van der Waals surface area (Å²) in [6.07, 6.45) is 1.42. The van der Waals surface area contributed by atoms with Gasteiger partial charge in [-0.05, 0) is 39.0 Å². The lowest BCUT2D eigenvalue weighted by molar-refractivity contribution is -0.384. The van der Waals surface area contributed by atoms with Crippen molar-refractivity contribution in [2.24, 2.45) is 0 Å². The molecule has 0 spiro atoms. The predicted octanol–water partition coefficient (Wildman–Crippen LogP) is 0.865. The molecule has 1 saturated heterocycles. The number of rotatable bonds is 2. The van der Waals surface area contributed by atoms with E-state index in [1.54, 1.807) is 0 Å². The van der Waals surface area contributed by atoms with Crippen molar-refractivity contribution in [3.63, 3.8) is 0 Å². The van der Waals surface area contributed by atoms with Gasteiger partial charge in [0.1, 0.15) is 0 Å². The van der Waals surface area contributed by atoms with Crippen molar-refractivity contribution in [2.75, 3.05) is 20.1 Å². The number of nitrogens with zero attached hydrogens (tertiary/aromatic N) is 3. The Morgan fingerprint density at radius 3 is 2.59 bits per heavy atom. The third kappa shape index (κ3) is 2.41. The predicted molar refractivity (Wildman–Crippen MR) is 81.3 cm³/mol. The topological polar surface area (TPSA) is 101 Å². The number of fused-ring (bicyclic) bond motifs is 1. The van der Waals surface area contributed by atoms with Gasteiger partial charge in [-0.2, -0.15) is 0 Å². The SMILES string of the molecule is CN1CCC(n2c(=O)[nH]c3ccc([N+](=O)[O-])cc3c2=O)CC1. The molecule has 0 bridgehead atoms. The van der Waals surface area contributed by atoms with E-state index >= 15 is 0 Å². The number of hydrogen-bond acceptors (Lipinski definition) is 5. The highest BCUT2D eigenvalue weighted by Crippen LogP contribution is 2.20. The van der Waals surface area contributed by atoms with E-state index in [4.69, 9.17) is 0 Å². The minimum Gasteiger partial charge on any atom is -0.307 e. The monoisotopic (exact) mass is 304 g/mol. The molecule has 8 heteroatoms. The zero-order chi connectivity index (χ0) is 15.9. The molecule has 0 atom stereocenters. The molecule has 1 aliphatic rings. The van der Waals surface area contributed by atoms with E-state index in [0.717, 1.165) is 13.1 Å². The molecule has 1 aromatic heterocycles. The van der Waals surface area contributed by atoms with Crippen molar-refractivity contribution in [3.05, 3.63) is 49.2 Å². The molecular formula is C14H16N4O4. The molecule has 1 fully saturated rings. The molecule has 2 heterocycles. The Labute approximate surface area is 125 Å². The summed E-state index contributed by atoms with van der Waals surface area (Å²) in [5, 5.41) is 11.0. The van der Waals surface area contributed by atoms with Crippen LogP contribution >= 0.6 is 0 Å². The number of likely N-dealkylation sites (tertiary alicyclic amines) is 1. The average molecular weight is 304 g/mol. The fourth-order valence-electron chi connectivity index (χ4n) is 2.91. The molecule has 2 aromatic rings. The van der Waals surface area contributed by atoms with Crippen molar-refractivity contribution in [1.82, 2.24) is 14.5 Å². The van der Waals surface area contributed by atoms with Crippen molar-refractivity contribution in [2.45, 2.75) is 18.9 Å². The summed E-state index contributed by atoms with van der Waals surface area (Å²) < 4.78 is 1.21. The number of nitro benzene ring substituents is 1. The molecule has 0 saturated carbocycles. The molecule has 1 aliphatic heterocycles. The van der Waals surface area contributed by atoms with Gasteiger partial charge in [0.15, 0.2) is 0 Å². The van der Waals surface area contributed by atoms with Gasteiger partial charge >= 0.3 is 5.69 Å². The third-order valence-corrected chi connectivity index (χ3v) is 4.18. The Morgan fingerprint density at radius 2 is 1.95 bits per heavy atom. The smallest absolute Gasteiger partial charge is 0.307 e. The highest BCUT2D eigenvalue weighted by atomic mass is 16.6. The van der Waals surface area contributed by atoms with Crippen LogP contribution in [0.4, 0.5) is 5.69 Å². The maximum absolute atomic E-state index is 12.6. The van der Waals surface area contributed by atoms with Crippen molar-refractivity contribution < 1.29 is 4.92 Å². The van der Waals surface area contributed by atoms with E-state index in [2.05, 4.69) is 9.88 Å². The van der Waals surface area contributed by atoms with Gasteiger partial charge in [-0.1, -0.05) is 0 Å². The second kappa shape index (κ2) is 5.38. The van der Waals surface area contributed by atoms with E-state index in [0.29, 0.717) is 18.4 Å². The molecule has 8 nitrogen and oxygen atoms in total. The molecule has 0 aliphatic carbocycles. The number of aromatic nitrogens is 2. The zero-order valence-corrected chi connectivity index (χ0v) is 12.1. The van der Waals surface area contributed by atoms with Gasteiger partial charge in [-0.3, -0.25) is 19.5 Å². The molecule has 1 aromatic carbocycles.